The smallest absolute Gasteiger partial charge is 0.266 e. The molecule has 1 heterocycles. The number of nitriles is 1. The predicted octanol–water partition coefficient (Wildman–Crippen LogP) is 4.96. The van der Waals surface area contributed by atoms with Crippen molar-refractivity contribution >= 4 is 17.7 Å². The second-order valence-electron chi connectivity index (χ2n) is 6.96. The zero-order chi connectivity index (χ0) is 21.2. The van der Waals surface area contributed by atoms with Gasteiger partial charge in [-0.3, -0.25) is 4.79 Å². The van der Waals surface area contributed by atoms with Gasteiger partial charge in [-0.1, -0.05) is 38.3 Å². The molecule has 1 aliphatic rings. The van der Waals surface area contributed by atoms with E-state index in [0.29, 0.717) is 37.0 Å². The lowest BCUT2D eigenvalue weighted by atomic mass is 10.1. The highest BCUT2D eigenvalue weighted by molar-refractivity contribution is 6.09. The lowest BCUT2D eigenvalue weighted by molar-refractivity contribution is -0.112. The molecule has 0 bridgehead atoms. The Hall–Kier alpha value is -3.46. The van der Waals surface area contributed by atoms with Crippen LogP contribution in [0, 0.1) is 11.3 Å². The normalized spacial score (nSPS) is 12.7. The molecule has 2 aromatic carbocycles. The summed E-state index contributed by atoms with van der Waals surface area (Å²) >= 11 is 0. The molecule has 6 heteroatoms. The number of amides is 1. The molecule has 0 saturated heterocycles. The summed E-state index contributed by atoms with van der Waals surface area (Å²) in [5.41, 5.74) is 1.30. The van der Waals surface area contributed by atoms with Gasteiger partial charge in [0.15, 0.2) is 11.5 Å². The highest BCUT2D eigenvalue weighted by atomic mass is 16.6. The topological polar surface area (TPSA) is 80.6 Å². The van der Waals surface area contributed by atoms with Crippen LogP contribution in [0.4, 0.5) is 5.69 Å². The summed E-state index contributed by atoms with van der Waals surface area (Å²) in [5, 5.41) is 12.2. The number of nitrogens with one attached hydrogen (secondary N) is 1. The lowest BCUT2D eigenvalue weighted by Gasteiger charge is -2.18. The molecule has 1 amide bonds. The number of unbranched alkanes of at least 4 members (excludes halogenated alkanes) is 3. The van der Waals surface area contributed by atoms with Gasteiger partial charge in [0, 0.05) is 11.8 Å². The van der Waals surface area contributed by atoms with Crippen LogP contribution in [0.5, 0.6) is 17.2 Å². The van der Waals surface area contributed by atoms with Gasteiger partial charge in [0.1, 0.15) is 30.6 Å². The summed E-state index contributed by atoms with van der Waals surface area (Å²) in [6.45, 7) is 3.84. The van der Waals surface area contributed by atoms with Gasteiger partial charge in [0.25, 0.3) is 5.91 Å². The number of fused-ring (bicyclic) bond motifs is 1. The van der Waals surface area contributed by atoms with Crippen LogP contribution < -0.4 is 19.5 Å². The van der Waals surface area contributed by atoms with Crippen molar-refractivity contribution in [2.45, 2.75) is 32.6 Å². The second-order valence-corrected chi connectivity index (χ2v) is 6.96. The van der Waals surface area contributed by atoms with Crippen LogP contribution in [0.3, 0.4) is 0 Å². The standard InChI is InChI=1S/C24H26N2O4/c1-2-3-4-5-12-28-21-9-6-18(7-10-21)15-19(17-25)24(27)26-20-8-11-22-23(16-20)30-14-13-29-22/h6-11,15-16H,2-5,12-14H2,1H3,(H,26,27)/b19-15+. The van der Waals surface area contributed by atoms with E-state index in [1.807, 2.05) is 30.3 Å². The van der Waals surface area contributed by atoms with Crippen molar-refractivity contribution in [1.82, 2.24) is 0 Å². The van der Waals surface area contributed by atoms with Gasteiger partial charge in [-0.25, -0.2) is 0 Å². The van der Waals surface area contributed by atoms with E-state index in [2.05, 4.69) is 12.2 Å². The highest BCUT2D eigenvalue weighted by Crippen LogP contribution is 2.32. The van der Waals surface area contributed by atoms with E-state index in [0.717, 1.165) is 17.7 Å². The van der Waals surface area contributed by atoms with Crippen LogP contribution in [0.2, 0.25) is 0 Å². The third-order valence-electron chi connectivity index (χ3n) is 4.62. The highest BCUT2D eigenvalue weighted by Gasteiger charge is 2.14. The van der Waals surface area contributed by atoms with Gasteiger partial charge >= 0.3 is 0 Å². The molecule has 156 valence electrons. The number of benzene rings is 2. The summed E-state index contributed by atoms with van der Waals surface area (Å²) in [7, 11) is 0. The quantitative estimate of drug-likeness (QED) is 0.362. The molecule has 0 atom stereocenters. The summed E-state index contributed by atoms with van der Waals surface area (Å²) in [5.74, 6) is 1.52. The summed E-state index contributed by atoms with van der Waals surface area (Å²) in [4.78, 5) is 12.5. The fraction of sp³-hybridized carbons (Fsp3) is 0.333. The average Bonchev–Trinajstić information content (AvgIpc) is 2.78. The van der Waals surface area contributed by atoms with Gasteiger partial charge < -0.3 is 19.5 Å². The molecular formula is C24H26N2O4. The minimum Gasteiger partial charge on any atom is -0.494 e. The molecule has 0 spiro atoms. The fourth-order valence-electron chi connectivity index (χ4n) is 3.01. The third-order valence-corrected chi connectivity index (χ3v) is 4.62. The summed E-state index contributed by atoms with van der Waals surface area (Å²) < 4.78 is 16.7. The number of hydrogen-bond donors (Lipinski definition) is 1. The summed E-state index contributed by atoms with van der Waals surface area (Å²) in [6.07, 6.45) is 6.18. The van der Waals surface area contributed by atoms with Crippen molar-refractivity contribution in [2.24, 2.45) is 0 Å². The molecule has 0 saturated carbocycles. The van der Waals surface area contributed by atoms with Gasteiger partial charge in [-0.15, -0.1) is 0 Å². The zero-order valence-corrected chi connectivity index (χ0v) is 17.1. The molecule has 6 nitrogen and oxygen atoms in total. The molecule has 0 aromatic heterocycles. The van der Waals surface area contributed by atoms with Crippen molar-refractivity contribution in [3.05, 3.63) is 53.6 Å². The number of anilines is 1. The SMILES string of the molecule is CCCCCCOc1ccc(/C=C(\C#N)C(=O)Nc2ccc3c(c2)OCCO3)cc1. The van der Waals surface area contributed by atoms with Crippen molar-refractivity contribution < 1.29 is 19.0 Å². The number of ether oxygens (including phenoxy) is 3. The predicted molar refractivity (Wildman–Crippen MR) is 116 cm³/mol. The molecular weight excluding hydrogens is 380 g/mol. The Labute approximate surface area is 177 Å². The van der Waals surface area contributed by atoms with Crippen molar-refractivity contribution in [3.8, 4) is 23.3 Å². The number of carbonyl (C=O) groups is 1. The van der Waals surface area contributed by atoms with E-state index in [4.69, 9.17) is 14.2 Å². The van der Waals surface area contributed by atoms with Crippen molar-refractivity contribution in [2.75, 3.05) is 25.1 Å². The molecule has 1 aliphatic heterocycles. The van der Waals surface area contributed by atoms with Crippen LogP contribution in [0.1, 0.15) is 38.2 Å². The molecule has 0 unspecified atom stereocenters. The van der Waals surface area contributed by atoms with Crippen molar-refractivity contribution in [3.63, 3.8) is 0 Å². The van der Waals surface area contributed by atoms with E-state index in [1.54, 1.807) is 24.3 Å². The Morgan fingerprint density at radius 3 is 2.60 bits per heavy atom. The van der Waals surface area contributed by atoms with E-state index in [-0.39, 0.29) is 5.57 Å². The zero-order valence-electron chi connectivity index (χ0n) is 17.1. The Bertz CT molecular complexity index is 929. The first-order valence-corrected chi connectivity index (χ1v) is 10.2. The average molecular weight is 406 g/mol. The third kappa shape index (κ3) is 6.02. The minimum absolute atomic E-state index is 0.0122. The van der Waals surface area contributed by atoms with E-state index >= 15 is 0 Å². The van der Waals surface area contributed by atoms with Gasteiger partial charge in [-0.2, -0.15) is 5.26 Å². The minimum atomic E-state index is -0.481. The molecule has 2 aromatic rings. The number of nitrogens with zero attached hydrogens (tertiary/aromatic N) is 1. The first kappa shape index (κ1) is 21.3. The molecule has 30 heavy (non-hydrogen) atoms. The largest absolute Gasteiger partial charge is 0.494 e. The van der Waals surface area contributed by atoms with Crippen LogP contribution in [-0.4, -0.2) is 25.7 Å². The molecule has 0 radical (unpaired) electrons. The van der Waals surface area contributed by atoms with Crippen LogP contribution >= 0.6 is 0 Å². The lowest BCUT2D eigenvalue weighted by Crippen LogP contribution is -2.17. The fourth-order valence-corrected chi connectivity index (χ4v) is 3.01. The summed E-state index contributed by atoms with van der Waals surface area (Å²) in [6, 6.07) is 14.5. The Morgan fingerprint density at radius 2 is 1.87 bits per heavy atom. The van der Waals surface area contributed by atoms with Crippen LogP contribution in [-0.2, 0) is 4.79 Å². The maximum absolute atomic E-state index is 12.5. The first-order valence-electron chi connectivity index (χ1n) is 10.2. The monoisotopic (exact) mass is 406 g/mol. The van der Waals surface area contributed by atoms with E-state index in [9.17, 15) is 10.1 Å². The van der Waals surface area contributed by atoms with Gasteiger partial charge in [-0.05, 0) is 42.3 Å². The molecule has 0 fully saturated rings. The maximum Gasteiger partial charge on any atom is 0.266 e. The second kappa shape index (κ2) is 10.9. The van der Waals surface area contributed by atoms with Gasteiger partial charge in [0.05, 0.1) is 6.61 Å². The maximum atomic E-state index is 12.5. The number of carbonyl (C=O) groups excluding carboxylic acids is 1. The Balaban J connectivity index is 1.59. The number of hydrogen-bond acceptors (Lipinski definition) is 5. The Kier molecular flexibility index (Phi) is 7.73. The van der Waals surface area contributed by atoms with E-state index < -0.39 is 5.91 Å². The Morgan fingerprint density at radius 1 is 1.10 bits per heavy atom. The number of rotatable bonds is 9. The first-order chi connectivity index (χ1) is 14.7. The van der Waals surface area contributed by atoms with Crippen LogP contribution in [0.25, 0.3) is 6.08 Å². The van der Waals surface area contributed by atoms with Crippen molar-refractivity contribution in [1.29, 1.82) is 5.26 Å². The van der Waals surface area contributed by atoms with Crippen LogP contribution in [0.15, 0.2) is 48.0 Å². The molecule has 3 rings (SSSR count). The molecule has 0 aliphatic carbocycles. The van der Waals surface area contributed by atoms with E-state index in [1.165, 1.54) is 19.3 Å². The van der Waals surface area contributed by atoms with Gasteiger partial charge in [0.2, 0.25) is 0 Å². The molecule has 1 N–H and O–H groups in total.